The predicted molar refractivity (Wildman–Crippen MR) is 122 cm³/mol. The van der Waals surface area contributed by atoms with E-state index in [2.05, 4.69) is 4.98 Å². The van der Waals surface area contributed by atoms with Gasteiger partial charge in [-0.15, -0.1) is 0 Å². The quantitative estimate of drug-likeness (QED) is 0.612. The number of fused-ring (bicyclic) bond motifs is 1. The van der Waals surface area contributed by atoms with Gasteiger partial charge in [-0.2, -0.15) is 4.98 Å². The second-order valence-electron chi connectivity index (χ2n) is 7.43. The van der Waals surface area contributed by atoms with Crippen molar-refractivity contribution in [1.82, 2.24) is 14.5 Å². The molecule has 1 amide bonds. The minimum atomic E-state index is -0.232. The molecule has 0 bridgehead atoms. The zero-order valence-electron chi connectivity index (χ0n) is 18.5. The first-order valence-electron chi connectivity index (χ1n) is 10.3. The van der Waals surface area contributed by atoms with Gasteiger partial charge in [0.1, 0.15) is 5.82 Å². The molecule has 4 rings (SSSR count). The van der Waals surface area contributed by atoms with Crippen molar-refractivity contribution in [3.8, 4) is 17.2 Å². The van der Waals surface area contributed by atoms with E-state index in [1.165, 1.54) is 21.3 Å². The fraction of sp³-hybridized carbons (Fsp3) is 0.292. The third kappa shape index (κ3) is 3.68. The topological polar surface area (TPSA) is 82.9 Å². The van der Waals surface area contributed by atoms with Gasteiger partial charge >= 0.3 is 0 Å². The maximum atomic E-state index is 13.2. The molecule has 0 aliphatic carbocycles. The Labute approximate surface area is 185 Å². The number of aryl methyl sites for hydroxylation is 1. The van der Waals surface area contributed by atoms with Gasteiger partial charge in [-0.05, 0) is 37.3 Å². The molecular weight excluding hydrogens is 410 g/mol. The highest BCUT2D eigenvalue weighted by molar-refractivity contribution is 5.96. The average molecular weight is 435 g/mol. The van der Waals surface area contributed by atoms with Crippen LogP contribution in [0.1, 0.15) is 22.6 Å². The first kappa shape index (κ1) is 21.4. The van der Waals surface area contributed by atoms with Crippen molar-refractivity contribution >= 4 is 22.5 Å². The lowest BCUT2D eigenvalue weighted by Gasteiger charge is -2.29. The molecule has 0 atom stereocenters. The van der Waals surface area contributed by atoms with E-state index in [1.54, 1.807) is 23.1 Å². The van der Waals surface area contributed by atoms with Crippen LogP contribution in [0, 0.1) is 6.92 Å². The molecule has 32 heavy (non-hydrogen) atoms. The van der Waals surface area contributed by atoms with E-state index in [0.29, 0.717) is 53.5 Å². The van der Waals surface area contributed by atoms with Crippen molar-refractivity contribution in [3.05, 3.63) is 64.2 Å². The minimum absolute atomic E-state index is 0.126. The number of ether oxygens (including phenoxy) is 3. The smallest absolute Gasteiger partial charge is 0.280 e. The van der Waals surface area contributed by atoms with Gasteiger partial charge in [0, 0.05) is 30.8 Å². The highest BCUT2D eigenvalue weighted by Crippen LogP contribution is 2.38. The van der Waals surface area contributed by atoms with Crippen LogP contribution in [-0.2, 0) is 0 Å². The summed E-state index contributed by atoms with van der Waals surface area (Å²) < 4.78 is 18.1. The summed E-state index contributed by atoms with van der Waals surface area (Å²) in [5.74, 6) is 1.82. The van der Waals surface area contributed by atoms with E-state index in [0.717, 1.165) is 11.2 Å². The van der Waals surface area contributed by atoms with E-state index in [-0.39, 0.29) is 11.5 Å². The van der Waals surface area contributed by atoms with Crippen LogP contribution in [0.25, 0.3) is 16.6 Å². The lowest BCUT2D eigenvalue weighted by molar-refractivity contribution is 0.0771. The van der Waals surface area contributed by atoms with Crippen LogP contribution in [0.5, 0.6) is 17.2 Å². The second kappa shape index (κ2) is 8.74. The van der Waals surface area contributed by atoms with Gasteiger partial charge in [0.2, 0.25) is 5.75 Å². The van der Waals surface area contributed by atoms with Gasteiger partial charge in [0.25, 0.3) is 11.5 Å². The number of hydrogen-bond acceptors (Lipinski definition) is 6. The molecule has 8 nitrogen and oxygen atoms in total. The van der Waals surface area contributed by atoms with Crippen molar-refractivity contribution in [1.29, 1.82) is 0 Å². The maximum Gasteiger partial charge on any atom is 0.280 e. The van der Waals surface area contributed by atoms with Crippen LogP contribution in [-0.4, -0.2) is 54.8 Å². The Morgan fingerprint density at radius 2 is 1.72 bits per heavy atom. The number of hydrogen-bond donors (Lipinski definition) is 0. The second-order valence-corrected chi connectivity index (χ2v) is 7.43. The summed E-state index contributed by atoms with van der Waals surface area (Å²) in [6.07, 6.45) is 2.64. The number of rotatable bonds is 5. The van der Waals surface area contributed by atoms with Crippen molar-refractivity contribution in [3.63, 3.8) is 0 Å². The number of nitrogens with zero attached hydrogens (tertiary/aromatic N) is 3. The van der Waals surface area contributed by atoms with Crippen LogP contribution in [0.4, 0.5) is 0 Å². The van der Waals surface area contributed by atoms with Gasteiger partial charge in [0.15, 0.2) is 11.5 Å². The Morgan fingerprint density at radius 1 is 1.03 bits per heavy atom. The van der Waals surface area contributed by atoms with Gasteiger partial charge in [-0.25, -0.2) is 0 Å². The third-order valence-corrected chi connectivity index (χ3v) is 5.63. The van der Waals surface area contributed by atoms with Gasteiger partial charge in [-0.3, -0.25) is 9.59 Å². The summed E-state index contributed by atoms with van der Waals surface area (Å²) in [7, 11) is 4.57. The molecule has 3 aromatic rings. The average Bonchev–Trinajstić information content (AvgIpc) is 2.83. The Bertz CT molecular complexity index is 1250. The number of amides is 1. The summed E-state index contributed by atoms with van der Waals surface area (Å²) in [4.78, 5) is 31.4. The Balaban J connectivity index is 1.64. The van der Waals surface area contributed by atoms with Crippen molar-refractivity contribution < 1.29 is 19.0 Å². The number of benzene rings is 2. The number of aromatic nitrogens is 2. The van der Waals surface area contributed by atoms with Crippen LogP contribution in [0.3, 0.4) is 0 Å². The van der Waals surface area contributed by atoms with Crippen LogP contribution in [0.2, 0.25) is 0 Å². The molecule has 0 N–H and O–H groups in total. The molecule has 0 spiro atoms. The summed E-state index contributed by atoms with van der Waals surface area (Å²) in [6.45, 7) is 2.79. The SMILES string of the molecule is COc1cc(C(=O)N2CC=C(n3c(C)nc(=O)c4ccccc43)CC2)cc(OC)c1OC. The van der Waals surface area contributed by atoms with Gasteiger partial charge < -0.3 is 23.7 Å². The molecule has 1 aliphatic rings. The van der Waals surface area contributed by atoms with Gasteiger partial charge in [-0.1, -0.05) is 12.1 Å². The standard InChI is InChI=1S/C24H25N3O5/c1-15-25-23(28)18-7-5-6-8-19(18)27(15)17-9-11-26(12-10-17)24(29)16-13-20(30-2)22(32-4)21(14-16)31-3/h5-9,13-14H,10-12H2,1-4H3. The van der Waals surface area contributed by atoms with Gasteiger partial charge in [0.05, 0.1) is 32.2 Å². The molecule has 2 aromatic carbocycles. The zero-order chi connectivity index (χ0) is 22.8. The molecule has 0 saturated carbocycles. The molecule has 0 fully saturated rings. The summed E-state index contributed by atoms with van der Waals surface area (Å²) >= 11 is 0. The molecule has 166 valence electrons. The number of methoxy groups -OCH3 is 3. The molecular formula is C24H25N3O5. The normalized spacial score (nSPS) is 13.6. The number of para-hydroxylation sites is 1. The highest BCUT2D eigenvalue weighted by Gasteiger charge is 2.24. The predicted octanol–water partition coefficient (Wildman–Crippen LogP) is 3.12. The van der Waals surface area contributed by atoms with Crippen molar-refractivity contribution in [2.24, 2.45) is 0 Å². The Kier molecular flexibility index (Phi) is 5.85. The summed E-state index contributed by atoms with van der Waals surface area (Å²) in [6, 6.07) is 10.8. The minimum Gasteiger partial charge on any atom is -0.493 e. The van der Waals surface area contributed by atoms with E-state index in [9.17, 15) is 9.59 Å². The Hall–Kier alpha value is -3.81. The first-order valence-corrected chi connectivity index (χ1v) is 10.3. The first-order chi connectivity index (χ1) is 15.5. The zero-order valence-corrected chi connectivity index (χ0v) is 18.5. The molecule has 1 aliphatic heterocycles. The van der Waals surface area contributed by atoms with E-state index >= 15 is 0 Å². The number of carbonyl (C=O) groups is 1. The monoisotopic (exact) mass is 435 g/mol. The number of carbonyl (C=O) groups excluding carboxylic acids is 1. The van der Waals surface area contributed by atoms with Crippen molar-refractivity contribution in [2.75, 3.05) is 34.4 Å². The Morgan fingerprint density at radius 3 is 2.31 bits per heavy atom. The lowest BCUT2D eigenvalue weighted by atomic mass is 10.1. The molecule has 0 radical (unpaired) electrons. The maximum absolute atomic E-state index is 13.2. The summed E-state index contributed by atoms with van der Waals surface area (Å²) in [5, 5.41) is 0.579. The fourth-order valence-corrected chi connectivity index (χ4v) is 4.08. The molecule has 2 heterocycles. The summed E-state index contributed by atoms with van der Waals surface area (Å²) in [5.41, 5.74) is 2.06. The van der Waals surface area contributed by atoms with Crippen molar-refractivity contribution in [2.45, 2.75) is 13.3 Å². The van der Waals surface area contributed by atoms with E-state index < -0.39 is 0 Å². The van der Waals surface area contributed by atoms with Crippen LogP contribution < -0.4 is 19.8 Å². The fourth-order valence-electron chi connectivity index (χ4n) is 4.08. The highest BCUT2D eigenvalue weighted by atomic mass is 16.5. The third-order valence-electron chi connectivity index (χ3n) is 5.63. The van der Waals surface area contributed by atoms with E-state index in [1.807, 2.05) is 35.8 Å². The van der Waals surface area contributed by atoms with Crippen LogP contribution >= 0.6 is 0 Å². The molecule has 0 saturated heterocycles. The van der Waals surface area contributed by atoms with Crippen LogP contribution in [0.15, 0.2) is 47.3 Å². The van der Waals surface area contributed by atoms with E-state index in [4.69, 9.17) is 14.2 Å². The molecule has 8 heteroatoms. The molecule has 0 unspecified atom stereocenters. The lowest BCUT2D eigenvalue weighted by Crippen LogP contribution is -2.35. The largest absolute Gasteiger partial charge is 0.493 e. The molecule has 1 aromatic heterocycles.